The van der Waals surface area contributed by atoms with Crippen LogP contribution in [-0.4, -0.2) is 82.6 Å². The van der Waals surface area contributed by atoms with E-state index in [1.807, 2.05) is 4.90 Å². The number of ether oxygens (including phenoxy) is 2. The molecule has 2 aromatic heterocycles. The maximum absolute atomic E-state index is 14.1. The van der Waals surface area contributed by atoms with Gasteiger partial charge in [0, 0.05) is 38.3 Å². The van der Waals surface area contributed by atoms with E-state index in [0.717, 1.165) is 25.7 Å². The van der Waals surface area contributed by atoms with Crippen LogP contribution in [0.3, 0.4) is 0 Å². The number of unbranched alkanes of at least 4 members (excludes halogenated alkanes) is 1. The van der Waals surface area contributed by atoms with Crippen LogP contribution in [0.25, 0.3) is 16.9 Å². The molecule has 2 aliphatic rings. The molecule has 0 saturated carbocycles. The zero-order valence-electron chi connectivity index (χ0n) is 22.2. The van der Waals surface area contributed by atoms with Crippen molar-refractivity contribution in [3.05, 3.63) is 36.2 Å². The number of likely N-dealkylation sites (tertiary alicyclic amines) is 1. The highest BCUT2D eigenvalue weighted by molar-refractivity contribution is 5.78. The maximum Gasteiger partial charge on any atom is 0.409 e. The zero-order chi connectivity index (χ0) is 27.2. The lowest BCUT2D eigenvalue weighted by atomic mass is 10.1. The Bertz CT molecular complexity index is 1270. The van der Waals surface area contributed by atoms with Gasteiger partial charge in [0.15, 0.2) is 5.82 Å². The molecular weight excluding hydrogens is 508 g/mol. The molecule has 39 heavy (non-hydrogen) atoms. The first-order valence-corrected chi connectivity index (χ1v) is 13.7. The van der Waals surface area contributed by atoms with Crippen LogP contribution in [0.1, 0.15) is 51.3 Å². The van der Waals surface area contributed by atoms with Crippen LogP contribution < -0.4 is 10.2 Å². The Balaban J connectivity index is 1.42. The van der Waals surface area contributed by atoms with Crippen molar-refractivity contribution in [1.29, 1.82) is 0 Å². The number of amides is 1. The second-order valence-corrected chi connectivity index (χ2v) is 9.83. The predicted octanol–water partition coefficient (Wildman–Crippen LogP) is 4.79. The molecule has 2 fully saturated rings. The number of nitrogens with one attached hydrogen (secondary N) is 1. The number of rotatable bonds is 8. The average Bonchev–Trinajstić information content (AvgIpc) is 3.20. The summed E-state index contributed by atoms with van der Waals surface area (Å²) >= 11 is 0. The van der Waals surface area contributed by atoms with Gasteiger partial charge in [0.05, 0.1) is 30.9 Å². The first-order chi connectivity index (χ1) is 19.0. The van der Waals surface area contributed by atoms with Crippen molar-refractivity contribution in [3.8, 4) is 5.82 Å². The van der Waals surface area contributed by atoms with Gasteiger partial charge in [-0.3, -0.25) is 4.57 Å². The number of imidazole rings is 1. The number of fused-ring (bicyclic) bond motifs is 1. The highest BCUT2D eigenvalue weighted by Gasteiger charge is 2.25. The largest absolute Gasteiger partial charge is 0.449 e. The third-order valence-electron chi connectivity index (χ3n) is 7.07. The Labute approximate surface area is 226 Å². The van der Waals surface area contributed by atoms with Gasteiger partial charge >= 0.3 is 6.09 Å². The van der Waals surface area contributed by atoms with Gasteiger partial charge in [0.1, 0.15) is 11.6 Å². The Morgan fingerprint density at radius 1 is 1.13 bits per heavy atom. The number of anilines is 2. The summed E-state index contributed by atoms with van der Waals surface area (Å²) in [4.78, 5) is 29.9. The van der Waals surface area contributed by atoms with Crippen molar-refractivity contribution in [2.45, 2.75) is 51.5 Å². The third kappa shape index (κ3) is 6.38. The first-order valence-electron chi connectivity index (χ1n) is 13.7. The van der Waals surface area contributed by atoms with Crippen molar-refractivity contribution in [2.24, 2.45) is 0 Å². The molecule has 10 nitrogen and oxygen atoms in total. The molecule has 0 aliphatic carbocycles. The second kappa shape index (κ2) is 12.5. The van der Waals surface area contributed by atoms with Gasteiger partial charge in [-0.2, -0.15) is 9.97 Å². The summed E-state index contributed by atoms with van der Waals surface area (Å²) in [5.74, 6) is 0.961. The molecule has 1 unspecified atom stereocenters. The number of carbonyl (C=O) groups is 1. The van der Waals surface area contributed by atoms with E-state index in [1.54, 1.807) is 35.2 Å². The quantitative estimate of drug-likeness (QED) is 0.405. The first kappa shape index (κ1) is 27.0. The monoisotopic (exact) mass is 543 g/mol. The Hall–Kier alpha value is -3.54. The van der Waals surface area contributed by atoms with E-state index < -0.39 is 6.43 Å². The highest BCUT2D eigenvalue weighted by atomic mass is 19.3. The lowest BCUT2D eigenvalue weighted by molar-refractivity contribution is 0.102. The number of hydrogen-bond acceptors (Lipinski definition) is 8. The number of nitrogens with zero attached hydrogens (tertiary/aromatic N) is 6. The molecule has 1 amide bonds. The van der Waals surface area contributed by atoms with Crippen LogP contribution in [0.5, 0.6) is 0 Å². The minimum atomic E-state index is -2.78. The minimum Gasteiger partial charge on any atom is -0.449 e. The van der Waals surface area contributed by atoms with Crippen LogP contribution in [0.4, 0.5) is 25.3 Å². The van der Waals surface area contributed by atoms with Gasteiger partial charge in [-0.1, -0.05) is 25.5 Å². The third-order valence-corrected chi connectivity index (χ3v) is 7.07. The Kier molecular flexibility index (Phi) is 8.70. The number of alkyl halides is 2. The van der Waals surface area contributed by atoms with Crippen molar-refractivity contribution < 1.29 is 23.0 Å². The fraction of sp³-hybridized carbons (Fsp3) is 0.556. The predicted molar refractivity (Wildman–Crippen MR) is 144 cm³/mol. The fourth-order valence-electron chi connectivity index (χ4n) is 4.97. The molecule has 1 N–H and O–H groups in total. The van der Waals surface area contributed by atoms with Crippen LogP contribution >= 0.6 is 0 Å². The van der Waals surface area contributed by atoms with Gasteiger partial charge in [-0.25, -0.2) is 18.6 Å². The Morgan fingerprint density at radius 3 is 2.74 bits per heavy atom. The zero-order valence-corrected chi connectivity index (χ0v) is 22.2. The van der Waals surface area contributed by atoms with Gasteiger partial charge in [0.2, 0.25) is 5.95 Å². The fourth-order valence-corrected chi connectivity index (χ4v) is 4.97. The molecule has 0 bridgehead atoms. The lowest BCUT2D eigenvalue weighted by Gasteiger charge is -2.28. The van der Waals surface area contributed by atoms with E-state index >= 15 is 0 Å². The molecule has 3 aromatic rings. The van der Waals surface area contributed by atoms with Crippen LogP contribution in [-0.2, 0) is 9.47 Å². The molecule has 4 heterocycles. The summed E-state index contributed by atoms with van der Waals surface area (Å²) in [5, 5.41) is 3.50. The van der Waals surface area contributed by atoms with Crippen LogP contribution in [0.2, 0.25) is 0 Å². The highest BCUT2D eigenvalue weighted by Crippen LogP contribution is 2.29. The van der Waals surface area contributed by atoms with E-state index in [-0.39, 0.29) is 18.0 Å². The molecular formula is C27H35F2N7O3. The minimum absolute atomic E-state index is 0.0489. The van der Waals surface area contributed by atoms with Gasteiger partial charge in [0.25, 0.3) is 6.43 Å². The van der Waals surface area contributed by atoms with E-state index in [1.165, 1.54) is 4.57 Å². The molecule has 1 aromatic carbocycles. The SMILES string of the molecule is CCCCOC(=O)N1CCCC(Nc2cc(-n3c(C(F)F)nc4ccccc43)nc(N3CCOCC3)n2)CC1. The Morgan fingerprint density at radius 2 is 1.95 bits per heavy atom. The second-order valence-electron chi connectivity index (χ2n) is 9.83. The van der Waals surface area contributed by atoms with Gasteiger partial charge < -0.3 is 24.6 Å². The number of aromatic nitrogens is 4. The number of halogens is 2. The van der Waals surface area contributed by atoms with E-state index in [9.17, 15) is 13.6 Å². The molecule has 0 radical (unpaired) electrons. The molecule has 2 aliphatic heterocycles. The average molecular weight is 544 g/mol. The summed E-state index contributed by atoms with van der Waals surface area (Å²) < 4.78 is 40.5. The number of benzene rings is 1. The lowest BCUT2D eigenvalue weighted by Crippen LogP contribution is -2.37. The standard InChI is InChI=1S/C27H35F2N7O3/c1-2-3-15-39-27(37)35-11-6-7-19(10-12-35)30-22-18-23(33-26(32-22)34-13-16-38-17-14-34)36-21-9-5-4-8-20(21)31-25(36)24(28)29/h4-5,8-9,18-19,24H,2-3,6-7,10-17H2,1H3,(H,30,32,33). The molecule has 210 valence electrons. The maximum atomic E-state index is 14.1. The molecule has 0 spiro atoms. The summed E-state index contributed by atoms with van der Waals surface area (Å²) in [6.07, 6.45) is 1.14. The number of hydrogen-bond donors (Lipinski definition) is 1. The van der Waals surface area contributed by atoms with Crippen LogP contribution in [0.15, 0.2) is 30.3 Å². The molecule has 1 atom stereocenters. The molecule has 12 heteroatoms. The van der Waals surface area contributed by atoms with Gasteiger partial charge in [-0.05, 0) is 37.8 Å². The van der Waals surface area contributed by atoms with E-state index in [2.05, 4.69) is 17.2 Å². The normalized spacial score (nSPS) is 18.4. The smallest absolute Gasteiger partial charge is 0.409 e. The van der Waals surface area contributed by atoms with Gasteiger partial charge in [-0.15, -0.1) is 0 Å². The van der Waals surface area contributed by atoms with Crippen molar-refractivity contribution >= 4 is 28.9 Å². The molecule has 5 rings (SSSR count). The van der Waals surface area contributed by atoms with E-state index in [4.69, 9.17) is 19.4 Å². The summed E-state index contributed by atoms with van der Waals surface area (Å²) in [7, 11) is 0. The van der Waals surface area contributed by atoms with Crippen LogP contribution in [0, 0.1) is 0 Å². The number of morpholine rings is 1. The van der Waals surface area contributed by atoms with Crippen molar-refractivity contribution in [3.63, 3.8) is 0 Å². The van der Waals surface area contributed by atoms with Crippen molar-refractivity contribution in [1.82, 2.24) is 24.4 Å². The topological polar surface area (TPSA) is 97.6 Å². The van der Waals surface area contributed by atoms with Crippen molar-refractivity contribution in [2.75, 3.05) is 56.2 Å². The summed E-state index contributed by atoms with van der Waals surface area (Å²) in [5.41, 5.74) is 1.03. The molecule has 2 saturated heterocycles. The number of carbonyl (C=O) groups excluding carboxylic acids is 1. The summed E-state index contributed by atoms with van der Waals surface area (Å²) in [6, 6.07) is 8.79. The summed E-state index contributed by atoms with van der Waals surface area (Å²) in [6.45, 7) is 5.99. The van der Waals surface area contributed by atoms with E-state index in [0.29, 0.717) is 81.0 Å². The number of para-hydroxylation sites is 2.